The Morgan fingerprint density at radius 3 is 2.18 bits per heavy atom. The number of thiol groups is 1. The van der Waals surface area contributed by atoms with Gasteiger partial charge in [0.1, 0.15) is 18.1 Å². The summed E-state index contributed by atoms with van der Waals surface area (Å²) >= 11 is 4.02. The lowest BCUT2D eigenvalue weighted by atomic mass is 10.00. The minimum Gasteiger partial charge on any atom is -0.480 e. The number of hydrogen-bond donors (Lipinski definition) is 8. The van der Waals surface area contributed by atoms with Gasteiger partial charge in [-0.1, -0.05) is 32.0 Å². The van der Waals surface area contributed by atoms with Gasteiger partial charge >= 0.3 is 5.97 Å². The van der Waals surface area contributed by atoms with Crippen molar-refractivity contribution in [2.75, 3.05) is 5.75 Å². The fraction of sp³-hybridized carbons (Fsp3) is 0.480. The van der Waals surface area contributed by atoms with E-state index in [0.717, 1.165) is 10.9 Å². The standard InChI is InChI=1S/C25H36N6O6S/c1-13(2)9-19(30-22(33)16(26)12-38)23(34)31-20(10-14-11-28-17-6-4-3-5-15(14)17)24(35)29-18(25(36)37)7-8-21(27)32/h3-6,11,13,16,18-20,28,38H,7-10,12,26H2,1-2H3,(H2,27,32)(H,29,35)(H,30,33)(H,31,34)(H,36,37). The summed E-state index contributed by atoms with van der Waals surface area (Å²) in [7, 11) is 0. The van der Waals surface area contributed by atoms with Gasteiger partial charge in [-0.15, -0.1) is 0 Å². The molecule has 0 bridgehead atoms. The molecule has 0 saturated carbocycles. The zero-order chi connectivity index (χ0) is 28.4. The molecule has 208 valence electrons. The van der Waals surface area contributed by atoms with Crippen molar-refractivity contribution in [3.05, 3.63) is 36.0 Å². The van der Waals surface area contributed by atoms with E-state index in [2.05, 4.69) is 33.6 Å². The number of aromatic nitrogens is 1. The first-order chi connectivity index (χ1) is 17.9. The van der Waals surface area contributed by atoms with Crippen LogP contribution in [0, 0.1) is 5.92 Å². The number of benzene rings is 1. The fourth-order valence-electron chi connectivity index (χ4n) is 3.88. The van der Waals surface area contributed by atoms with Gasteiger partial charge in [-0.05, 0) is 30.4 Å². The van der Waals surface area contributed by atoms with Crippen LogP contribution in [0.3, 0.4) is 0 Å². The Balaban J connectivity index is 2.32. The molecule has 0 aliphatic rings. The molecule has 9 N–H and O–H groups in total. The second-order valence-electron chi connectivity index (χ2n) is 9.51. The molecule has 38 heavy (non-hydrogen) atoms. The molecule has 0 aliphatic heterocycles. The maximum absolute atomic E-state index is 13.3. The van der Waals surface area contributed by atoms with Crippen LogP contribution in [0.25, 0.3) is 10.9 Å². The Morgan fingerprint density at radius 2 is 1.58 bits per heavy atom. The Kier molecular flexibility index (Phi) is 11.6. The molecule has 0 saturated heterocycles. The highest BCUT2D eigenvalue weighted by molar-refractivity contribution is 7.80. The van der Waals surface area contributed by atoms with Gasteiger partial charge in [0.25, 0.3) is 0 Å². The van der Waals surface area contributed by atoms with E-state index in [4.69, 9.17) is 11.5 Å². The van der Waals surface area contributed by atoms with Crippen LogP contribution in [0.5, 0.6) is 0 Å². The van der Waals surface area contributed by atoms with Gasteiger partial charge in [0, 0.05) is 35.7 Å². The van der Waals surface area contributed by atoms with Crippen molar-refractivity contribution in [1.29, 1.82) is 0 Å². The number of H-pyrrole nitrogens is 1. The maximum Gasteiger partial charge on any atom is 0.326 e. The molecule has 1 heterocycles. The number of carbonyl (C=O) groups is 5. The number of aliphatic carboxylic acids is 1. The van der Waals surface area contributed by atoms with Gasteiger partial charge < -0.3 is 37.5 Å². The summed E-state index contributed by atoms with van der Waals surface area (Å²) in [5.74, 6) is -3.90. The van der Waals surface area contributed by atoms with Crippen molar-refractivity contribution in [2.24, 2.45) is 17.4 Å². The minimum absolute atomic E-state index is 0.0179. The number of nitrogens with two attached hydrogens (primary N) is 2. The Morgan fingerprint density at radius 1 is 0.974 bits per heavy atom. The highest BCUT2D eigenvalue weighted by atomic mass is 32.1. The number of carboxylic acids is 1. The first-order valence-electron chi connectivity index (χ1n) is 12.3. The number of rotatable bonds is 15. The van der Waals surface area contributed by atoms with Gasteiger partial charge in [0.05, 0.1) is 6.04 Å². The summed E-state index contributed by atoms with van der Waals surface area (Å²) in [5.41, 5.74) is 12.4. The molecule has 0 fully saturated rings. The number of para-hydroxylation sites is 1. The van der Waals surface area contributed by atoms with Crippen molar-refractivity contribution in [1.82, 2.24) is 20.9 Å². The van der Waals surface area contributed by atoms with Gasteiger partial charge in [-0.25, -0.2) is 4.79 Å². The second-order valence-corrected chi connectivity index (χ2v) is 9.87. The van der Waals surface area contributed by atoms with Crippen LogP contribution in [0.15, 0.2) is 30.5 Å². The molecular formula is C25H36N6O6S. The number of primary amides is 1. The second kappa shape index (κ2) is 14.4. The monoisotopic (exact) mass is 548 g/mol. The van der Waals surface area contributed by atoms with E-state index in [1.807, 2.05) is 38.1 Å². The summed E-state index contributed by atoms with van der Waals surface area (Å²) in [6, 6.07) is 2.89. The predicted molar refractivity (Wildman–Crippen MR) is 145 cm³/mol. The van der Waals surface area contributed by atoms with Crippen molar-refractivity contribution in [3.8, 4) is 0 Å². The van der Waals surface area contributed by atoms with Gasteiger partial charge in [0.2, 0.25) is 23.6 Å². The Labute approximate surface area is 226 Å². The quantitative estimate of drug-likeness (QED) is 0.141. The third-order valence-electron chi connectivity index (χ3n) is 5.90. The molecule has 4 atom stereocenters. The molecule has 13 heteroatoms. The van der Waals surface area contributed by atoms with Crippen molar-refractivity contribution in [2.45, 2.75) is 63.7 Å². The van der Waals surface area contributed by atoms with E-state index in [-0.39, 0.29) is 37.4 Å². The number of nitrogens with one attached hydrogen (secondary N) is 4. The van der Waals surface area contributed by atoms with E-state index < -0.39 is 53.8 Å². The minimum atomic E-state index is -1.39. The topological polar surface area (TPSA) is 209 Å². The first kappa shape index (κ1) is 30.6. The predicted octanol–water partition coefficient (Wildman–Crippen LogP) is -0.182. The van der Waals surface area contributed by atoms with E-state index in [0.29, 0.717) is 5.56 Å². The van der Waals surface area contributed by atoms with Crippen LogP contribution < -0.4 is 27.4 Å². The molecule has 0 spiro atoms. The lowest BCUT2D eigenvalue weighted by Crippen LogP contribution is -2.58. The molecule has 0 aliphatic carbocycles. The molecular weight excluding hydrogens is 512 g/mol. The number of aromatic amines is 1. The average molecular weight is 549 g/mol. The summed E-state index contributed by atoms with van der Waals surface area (Å²) in [4.78, 5) is 65.0. The van der Waals surface area contributed by atoms with E-state index in [1.165, 1.54) is 0 Å². The van der Waals surface area contributed by atoms with Crippen LogP contribution in [0.1, 0.15) is 38.7 Å². The van der Waals surface area contributed by atoms with E-state index >= 15 is 0 Å². The Hall–Kier alpha value is -3.58. The van der Waals surface area contributed by atoms with Gasteiger partial charge in [-0.2, -0.15) is 12.6 Å². The SMILES string of the molecule is CC(C)CC(NC(=O)C(N)CS)C(=O)NC(Cc1c[nH]c2ccccc12)C(=O)NC(CCC(N)=O)C(=O)O. The number of carboxylic acid groups (broad SMARTS) is 1. The van der Waals surface area contributed by atoms with Gasteiger partial charge in [-0.3, -0.25) is 19.2 Å². The number of carbonyl (C=O) groups excluding carboxylic acids is 4. The summed E-state index contributed by atoms with van der Waals surface area (Å²) in [6.45, 7) is 3.74. The van der Waals surface area contributed by atoms with Crippen LogP contribution in [0.2, 0.25) is 0 Å². The Bertz CT molecular complexity index is 1150. The molecule has 2 rings (SSSR count). The molecule has 12 nitrogen and oxygen atoms in total. The smallest absolute Gasteiger partial charge is 0.326 e. The zero-order valence-corrected chi connectivity index (χ0v) is 22.3. The largest absolute Gasteiger partial charge is 0.480 e. The number of hydrogen-bond acceptors (Lipinski definition) is 7. The normalized spacial score (nSPS) is 14.3. The molecule has 1 aromatic heterocycles. The molecule has 2 aromatic rings. The number of fused-ring (bicyclic) bond motifs is 1. The van der Waals surface area contributed by atoms with E-state index in [9.17, 15) is 29.1 Å². The lowest BCUT2D eigenvalue weighted by Gasteiger charge is -2.26. The maximum atomic E-state index is 13.3. The van der Waals surface area contributed by atoms with Crippen molar-refractivity contribution < 1.29 is 29.1 Å². The molecule has 4 unspecified atom stereocenters. The fourth-order valence-corrected chi connectivity index (χ4v) is 4.05. The molecule has 0 radical (unpaired) electrons. The van der Waals surface area contributed by atoms with E-state index in [1.54, 1.807) is 6.20 Å². The third kappa shape index (κ3) is 9.06. The summed E-state index contributed by atoms with van der Waals surface area (Å²) in [6.07, 6.45) is 1.55. The first-order valence-corrected chi connectivity index (χ1v) is 12.9. The third-order valence-corrected chi connectivity index (χ3v) is 6.29. The summed E-state index contributed by atoms with van der Waals surface area (Å²) in [5, 5.41) is 18.0. The highest BCUT2D eigenvalue weighted by Gasteiger charge is 2.31. The van der Waals surface area contributed by atoms with Crippen LogP contribution in [0.4, 0.5) is 0 Å². The lowest BCUT2D eigenvalue weighted by molar-refractivity contribution is -0.142. The molecule has 4 amide bonds. The van der Waals surface area contributed by atoms with Crippen molar-refractivity contribution in [3.63, 3.8) is 0 Å². The van der Waals surface area contributed by atoms with Gasteiger partial charge in [0.15, 0.2) is 0 Å². The van der Waals surface area contributed by atoms with Crippen LogP contribution >= 0.6 is 12.6 Å². The van der Waals surface area contributed by atoms with Crippen molar-refractivity contribution >= 4 is 53.1 Å². The molecule has 1 aromatic carbocycles. The van der Waals surface area contributed by atoms with Crippen LogP contribution in [-0.4, -0.2) is 69.6 Å². The highest BCUT2D eigenvalue weighted by Crippen LogP contribution is 2.19. The zero-order valence-electron chi connectivity index (χ0n) is 21.4. The number of amides is 4. The van der Waals surface area contributed by atoms with Crippen LogP contribution in [-0.2, 0) is 30.4 Å². The average Bonchev–Trinajstić information content (AvgIpc) is 3.27. The summed E-state index contributed by atoms with van der Waals surface area (Å²) < 4.78 is 0.